The van der Waals surface area contributed by atoms with Crippen molar-refractivity contribution in [3.63, 3.8) is 0 Å². The molecule has 1 aromatic carbocycles. The smallest absolute Gasteiger partial charge is 0.00435 e. The lowest BCUT2D eigenvalue weighted by Gasteiger charge is -2.41. The maximum Gasteiger partial charge on any atom is -0.00435 e. The van der Waals surface area contributed by atoms with Gasteiger partial charge in [-0.3, -0.25) is 0 Å². The Balaban J connectivity index is 1.88. The lowest BCUT2D eigenvalue weighted by Crippen LogP contribution is -2.40. The van der Waals surface area contributed by atoms with Crippen molar-refractivity contribution >= 4 is 0 Å². The maximum absolute atomic E-state index is 3.49. The second kappa shape index (κ2) is 3.89. The number of aryl methyl sites for hydroxylation is 2. The average Bonchev–Trinajstić information content (AvgIpc) is 2.31. The molecule has 0 saturated carbocycles. The fourth-order valence-electron chi connectivity index (χ4n) is 3.44. The second-order valence-corrected chi connectivity index (χ2v) is 5.70. The van der Waals surface area contributed by atoms with Gasteiger partial charge in [-0.2, -0.15) is 0 Å². The van der Waals surface area contributed by atoms with Gasteiger partial charge in [0.15, 0.2) is 0 Å². The van der Waals surface area contributed by atoms with Gasteiger partial charge in [0.1, 0.15) is 0 Å². The summed E-state index contributed by atoms with van der Waals surface area (Å²) in [7, 11) is 0. The first-order valence-electron chi connectivity index (χ1n) is 6.57. The van der Waals surface area contributed by atoms with Gasteiger partial charge in [0.2, 0.25) is 0 Å². The molecule has 0 amide bonds. The van der Waals surface area contributed by atoms with Gasteiger partial charge in [0.25, 0.3) is 0 Å². The molecule has 1 spiro atoms. The van der Waals surface area contributed by atoms with Gasteiger partial charge in [-0.25, -0.2) is 0 Å². The van der Waals surface area contributed by atoms with Crippen LogP contribution in [0.15, 0.2) is 18.2 Å². The van der Waals surface area contributed by atoms with E-state index in [1.54, 1.807) is 11.1 Å². The molecular weight excluding hydrogens is 194 g/mol. The largest absolute Gasteiger partial charge is 0.317 e. The summed E-state index contributed by atoms with van der Waals surface area (Å²) in [6.07, 6.45) is 6.78. The summed E-state index contributed by atoms with van der Waals surface area (Å²) in [5, 5.41) is 3.49. The molecule has 0 bridgehead atoms. The van der Waals surface area contributed by atoms with Crippen molar-refractivity contribution in [2.75, 3.05) is 13.1 Å². The lowest BCUT2D eigenvalue weighted by molar-refractivity contribution is 0.173. The zero-order chi connectivity index (χ0) is 11.0. The molecule has 0 radical (unpaired) electrons. The van der Waals surface area contributed by atoms with Crippen molar-refractivity contribution in [2.45, 2.75) is 39.0 Å². The Kier molecular flexibility index (Phi) is 2.51. The number of rotatable bonds is 0. The third kappa shape index (κ3) is 1.78. The zero-order valence-electron chi connectivity index (χ0n) is 10.2. The van der Waals surface area contributed by atoms with Gasteiger partial charge in [0.05, 0.1) is 0 Å². The standard InChI is InChI=1S/C15H21N/c1-12-2-3-14-11-15(5-4-13(14)10-12)6-8-16-9-7-15/h2-3,10,16H,4-9,11H2,1H3. The first-order chi connectivity index (χ1) is 7.77. The zero-order valence-corrected chi connectivity index (χ0v) is 10.2. The topological polar surface area (TPSA) is 12.0 Å². The lowest BCUT2D eigenvalue weighted by atomic mass is 9.66. The van der Waals surface area contributed by atoms with Crippen LogP contribution in [0.3, 0.4) is 0 Å². The Morgan fingerprint density at radius 1 is 1.06 bits per heavy atom. The first kappa shape index (κ1) is 10.3. The van der Waals surface area contributed by atoms with Crippen LogP contribution in [0.1, 0.15) is 36.0 Å². The summed E-state index contributed by atoms with van der Waals surface area (Å²) < 4.78 is 0. The van der Waals surface area contributed by atoms with E-state index < -0.39 is 0 Å². The summed E-state index contributed by atoms with van der Waals surface area (Å²) in [5.41, 5.74) is 5.29. The van der Waals surface area contributed by atoms with Gasteiger partial charge in [0, 0.05) is 0 Å². The number of nitrogens with one attached hydrogen (secondary N) is 1. The minimum Gasteiger partial charge on any atom is -0.317 e. The van der Waals surface area contributed by atoms with E-state index in [2.05, 4.69) is 30.4 Å². The summed E-state index contributed by atoms with van der Waals surface area (Å²) in [6.45, 7) is 4.65. The van der Waals surface area contributed by atoms with Gasteiger partial charge >= 0.3 is 0 Å². The number of fused-ring (bicyclic) bond motifs is 1. The van der Waals surface area contributed by atoms with Gasteiger partial charge in [-0.15, -0.1) is 0 Å². The van der Waals surface area contributed by atoms with Crippen molar-refractivity contribution in [2.24, 2.45) is 5.41 Å². The molecule has 1 fully saturated rings. The van der Waals surface area contributed by atoms with E-state index in [1.165, 1.54) is 50.8 Å². The predicted octanol–water partition coefficient (Wildman–Crippen LogP) is 2.85. The van der Waals surface area contributed by atoms with Crippen LogP contribution < -0.4 is 5.32 Å². The number of benzene rings is 1. The highest BCUT2D eigenvalue weighted by Crippen LogP contribution is 2.42. The van der Waals surface area contributed by atoms with E-state index in [9.17, 15) is 0 Å². The van der Waals surface area contributed by atoms with Crippen LogP contribution in [-0.4, -0.2) is 13.1 Å². The normalized spacial score (nSPS) is 23.1. The molecule has 0 atom stereocenters. The fourth-order valence-corrected chi connectivity index (χ4v) is 3.44. The maximum atomic E-state index is 3.49. The summed E-state index contributed by atoms with van der Waals surface area (Å²) in [4.78, 5) is 0. The van der Waals surface area contributed by atoms with Crippen molar-refractivity contribution in [3.8, 4) is 0 Å². The Hall–Kier alpha value is -0.820. The van der Waals surface area contributed by atoms with E-state index in [0.29, 0.717) is 5.41 Å². The average molecular weight is 215 g/mol. The van der Waals surface area contributed by atoms with E-state index in [-0.39, 0.29) is 0 Å². The quantitative estimate of drug-likeness (QED) is 0.701. The van der Waals surface area contributed by atoms with Crippen LogP contribution in [0.2, 0.25) is 0 Å². The number of hydrogen-bond donors (Lipinski definition) is 1. The summed E-state index contributed by atoms with van der Waals surface area (Å²) >= 11 is 0. The molecule has 86 valence electrons. The SMILES string of the molecule is Cc1ccc2c(c1)CCC1(CCNCC1)C2. The molecule has 1 aromatic rings. The van der Waals surface area contributed by atoms with Crippen LogP contribution in [0, 0.1) is 12.3 Å². The molecular formula is C15H21N. The van der Waals surface area contributed by atoms with Crippen LogP contribution >= 0.6 is 0 Å². The molecule has 2 aliphatic rings. The van der Waals surface area contributed by atoms with E-state index in [0.717, 1.165) is 0 Å². The molecule has 1 saturated heterocycles. The van der Waals surface area contributed by atoms with Gasteiger partial charge < -0.3 is 5.32 Å². The summed E-state index contributed by atoms with van der Waals surface area (Å²) in [6, 6.07) is 7.04. The van der Waals surface area contributed by atoms with Gasteiger partial charge in [-0.05, 0) is 68.7 Å². The van der Waals surface area contributed by atoms with Crippen molar-refractivity contribution in [3.05, 3.63) is 34.9 Å². The molecule has 1 nitrogen and oxygen atoms in total. The van der Waals surface area contributed by atoms with Crippen LogP contribution in [0.4, 0.5) is 0 Å². The molecule has 16 heavy (non-hydrogen) atoms. The predicted molar refractivity (Wildman–Crippen MR) is 67.7 cm³/mol. The van der Waals surface area contributed by atoms with E-state index in [1.807, 2.05) is 0 Å². The molecule has 1 aliphatic carbocycles. The Morgan fingerprint density at radius 3 is 2.69 bits per heavy atom. The van der Waals surface area contributed by atoms with Crippen molar-refractivity contribution in [1.29, 1.82) is 0 Å². The molecule has 1 aliphatic heterocycles. The number of hydrogen-bond acceptors (Lipinski definition) is 1. The molecule has 0 aromatic heterocycles. The highest BCUT2D eigenvalue weighted by molar-refractivity contribution is 5.34. The first-order valence-corrected chi connectivity index (χ1v) is 6.57. The third-order valence-electron chi connectivity index (χ3n) is 4.52. The Bertz CT molecular complexity index is 388. The Labute approximate surface area is 98.3 Å². The highest BCUT2D eigenvalue weighted by atomic mass is 14.9. The van der Waals surface area contributed by atoms with Crippen LogP contribution in [-0.2, 0) is 12.8 Å². The molecule has 1 heterocycles. The number of piperidine rings is 1. The third-order valence-corrected chi connectivity index (χ3v) is 4.52. The summed E-state index contributed by atoms with van der Waals surface area (Å²) in [5.74, 6) is 0. The molecule has 1 N–H and O–H groups in total. The monoisotopic (exact) mass is 215 g/mol. The minimum absolute atomic E-state index is 0.632. The van der Waals surface area contributed by atoms with E-state index >= 15 is 0 Å². The van der Waals surface area contributed by atoms with Crippen molar-refractivity contribution in [1.82, 2.24) is 5.32 Å². The van der Waals surface area contributed by atoms with Crippen LogP contribution in [0.5, 0.6) is 0 Å². The van der Waals surface area contributed by atoms with Gasteiger partial charge in [-0.1, -0.05) is 23.8 Å². The molecule has 3 rings (SSSR count). The highest BCUT2D eigenvalue weighted by Gasteiger charge is 2.35. The molecule has 0 unspecified atom stereocenters. The van der Waals surface area contributed by atoms with Crippen LogP contribution in [0.25, 0.3) is 0 Å². The minimum atomic E-state index is 0.632. The van der Waals surface area contributed by atoms with E-state index in [4.69, 9.17) is 0 Å². The van der Waals surface area contributed by atoms with Crippen molar-refractivity contribution < 1.29 is 0 Å². The molecule has 1 heteroatoms. The fraction of sp³-hybridized carbons (Fsp3) is 0.600. The Morgan fingerprint density at radius 2 is 1.88 bits per heavy atom. The second-order valence-electron chi connectivity index (χ2n) is 5.70.